The number of hydrogen-bond donors (Lipinski definition) is 0. The molecule has 0 aliphatic rings. The number of aromatic nitrogens is 2. The molecule has 2 aromatic rings. The van der Waals surface area contributed by atoms with Crippen LogP contribution in [0.15, 0.2) is 18.2 Å². The second kappa shape index (κ2) is 6.86. The van der Waals surface area contributed by atoms with Crippen LogP contribution in [-0.2, 0) is 19.4 Å². The highest BCUT2D eigenvalue weighted by atomic mass is 19.1. The van der Waals surface area contributed by atoms with Gasteiger partial charge in [0.05, 0.1) is 12.2 Å². The number of ketones is 1. The van der Waals surface area contributed by atoms with E-state index in [9.17, 15) is 9.18 Å². The lowest BCUT2D eigenvalue weighted by Crippen LogP contribution is -2.13. The van der Waals surface area contributed by atoms with Gasteiger partial charge in [-0.1, -0.05) is 26.0 Å². The van der Waals surface area contributed by atoms with Crippen molar-refractivity contribution in [3.63, 3.8) is 0 Å². The van der Waals surface area contributed by atoms with Crippen LogP contribution in [0.3, 0.4) is 0 Å². The largest absolute Gasteiger partial charge is 0.321 e. The number of halogens is 1. The average molecular weight is 302 g/mol. The van der Waals surface area contributed by atoms with E-state index in [4.69, 9.17) is 0 Å². The predicted molar refractivity (Wildman–Crippen MR) is 85.8 cm³/mol. The number of carbonyl (C=O) groups excluding carboxylic acids is 1. The number of benzene rings is 1. The summed E-state index contributed by atoms with van der Waals surface area (Å²) in [6.45, 7) is 7.83. The number of imidazole rings is 1. The van der Waals surface area contributed by atoms with Gasteiger partial charge in [0.2, 0.25) is 0 Å². The highest BCUT2D eigenvalue weighted by Gasteiger charge is 2.19. The molecule has 1 aromatic carbocycles. The first-order valence-electron chi connectivity index (χ1n) is 7.82. The van der Waals surface area contributed by atoms with Gasteiger partial charge in [-0.3, -0.25) is 4.79 Å². The zero-order valence-electron chi connectivity index (χ0n) is 13.7. The first kappa shape index (κ1) is 16.4. The third-order valence-corrected chi connectivity index (χ3v) is 3.80. The molecule has 22 heavy (non-hydrogen) atoms. The minimum absolute atomic E-state index is 0.0146. The molecule has 0 fully saturated rings. The van der Waals surface area contributed by atoms with E-state index < -0.39 is 0 Å². The van der Waals surface area contributed by atoms with Gasteiger partial charge in [0.25, 0.3) is 0 Å². The number of hydrogen-bond acceptors (Lipinski definition) is 2. The zero-order valence-corrected chi connectivity index (χ0v) is 13.7. The molecule has 4 heteroatoms. The van der Waals surface area contributed by atoms with E-state index in [1.54, 1.807) is 13.0 Å². The van der Waals surface area contributed by atoms with Gasteiger partial charge in [-0.2, -0.15) is 0 Å². The molecule has 0 saturated carbocycles. The summed E-state index contributed by atoms with van der Waals surface area (Å²) in [6.07, 6.45) is 2.43. The second-order valence-corrected chi connectivity index (χ2v) is 5.66. The lowest BCUT2D eigenvalue weighted by Gasteiger charge is -2.12. The summed E-state index contributed by atoms with van der Waals surface area (Å²) in [5.74, 6) is 0.618. The van der Waals surface area contributed by atoms with Crippen molar-refractivity contribution >= 4 is 5.78 Å². The van der Waals surface area contributed by atoms with Crippen molar-refractivity contribution in [1.82, 2.24) is 9.55 Å². The quantitative estimate of drug-likeness (QED) is 0.753. The molecule has 118 valence electrons. The summed E-state index contributed by atoms with van der Waals surface area (Å²) in [6, 6.07) is 5.21. The van der Waals surface area contributed by atoms with Crippen molar-refractivity contribution in [2.24, 2.45) is 0 Å². The van der Waals surface area contributed by atoms with Gasteiger partial charge in [-0.25, -0.2) is 9.37 Å². The van der Waals surface area contributed by atoms with Crippen LogP contribution in [0.4, 0.5) is 4.39 Å². The topological polar surface area (TPSA) is 34.9 Å². The van der Waals surface area contributed by atoms with Crippen molar-refractivity contribution in [3.05, 3.63) is 52.4 Å². The third kappa shape index (κ3) is 3.26. The van der Waals surface area contributed by atoms with E-state index in [-0.39, 0.29) is 11.6 Å². The molecule has 0 bridgehead atoms. The molecular weight excluding hydrogens is 279 g/mol. The van der Waals surface area contributed by atoms with Gasteiger partial charge in [0.15, 0.2) is 5.78 Å². The van der Waals surface area contributed by atoms with E-state index >= 15 is 0 Å². The highest BCUT2D eigenvalue weighted by molar-refractivity contribution is 5.93. The molecule has 2 rings (SSSR count). The maximum absolute atomic E-state index is 14.2. The Morgan fingerprint density at radius 2 is 2.05 bits per heavy atom. The van der Waals surface area contributed by atoms with Crippen LogP contribution in [0.2, 0.25) is 0 Å². The Labute approximate surface area is 131 Å². The Balaban J connectivity index is 2.51. The summed E-state index contributed by atoms with van der Waals surface area (Å²) in [7, 11) is 0. The van der Waals surface area contributed by atoms with Crippen molar-refractivity contribution in [1.29, 1.82) is 0 Å². The summed E-state index contributed by atoms with van der Waals surface area (Å²) >= 11 is 0. The molecule has 1 heterocycles. The Kier molecular flexibility index (Phi) is 5.11. The monoisotopic (exact) mass is 302 g/mol. The second-order valence-electron chi connectivity index (χ2n) is 5.66. The SMILES string of the molecule is CCCc1nc(CC)c(C(C)=O)n1Cc1ccc(C)cc1F. The molecule has 0 amide bonds. The van der Waals surface area contributed by atoms with Gasteiger partial charge < -0.3 is 4.57 Å². The Bertz CT molecular complexity index is 689. The third-order valence-electron chi connectivity index (χ3n) is 3.80. The number of Topliss-reactive ketones (excluding diaryl/α,β-unsaturated/α-hetero) is 1. The number of nitrogens with zero attached hydrogens (tertiary/aromatic N) is 2. The van der Waals surface area contributed by atoms with Crippen LogP contribution < -0.4 is 0 Å². The van der Waals surface area contributed by atoms with Crippen LogP contribution in [0.5, 0.6) is 0 Å². The standard InChI is InChI=1S/C18H23FN2O/c1-5-7-17-20-16(6-2)18(13(4)22)21(17)11-14-9-8-12(3)10-15(14)19/h8-10H,5-7,11H2,1-4H3. The normalized spacial score (nSPS) is 11.0. The number of aryl methyl sites for hydroxylation is 3. The molecule has 0 saturated heterocycles. The van der Waals surface area contributed by atoms with Gasteiger partial charge >= 0.3 is 0 Å². The fourth-order valence-electron chi connectivity index (χ4n) is 2.73. The van der Waals surface area contributed by atoms with E-state index in [2.05, 4.69) is 11.9 Å². The smallest absolute Gasteiger partial charge is 0.178 e. The van der Waals surface area contributed by atoms with Crippen LogP contribution in [-0.4, -0.2) is 15.3 Å². The number of rotatable bonds is 6. The summed E-state index contributed by atoms with van der Waals surface area (Å²) in [5.41, 5.74) is 2.90. The summed E-state index contributed by atoms with van der Waals surface area (Å²) in [5, 5.41) is 0. The Morgan fingerprint density at radius 3 is 2.59 bits per heavy atom. The maximum Gasteiger partial charge on any atom is 0.178 e. The van der Waals surface area contributed by atoms with Crippen LogP contribution in [0.1, 0.15) is 60.3 Å². The molecule has 0 aliphatic carbocycles. The van der Waals surface area contributed by atoms with Crippen molar-refractivity contribution in [2.45, 2.75) is 53.5 Å². The average Bonchev–Trinajstić information content (AvgIpc) is 2.80. The van der Waals surface area contributed by atoms with Crippen molar-refractivity contribution in [2.75, 3.05) is 0 Å². The minimum atomic E-state index is -0.233. The Hall–Kier alpha value is -1.97. The molecule has 0 unspecified atom stereocenters. The molecule has 3 nitrogen and oxygen atoms in total. The lowest BCUT2D eigenvalue weighted by atomic mass is 10.1. The van der Waals surface area contributed by atoms with Gasteiger partial charge in [0, 0.05) is 18.9 Å². The Morgan fingerprint density at radius 1 is 1.32 bits per heavy atom. The molecule has 0 radical (unpaired) electrons. The van der Waals surface area contributed by atoms with E-state index in [1.165, 1.54) is 6.07 Å². The molecule has 0 atom stereocenters. The van der Waals surface area contributed by atoms with Gasteiger partial charge in [-0.15, -0.1) is 0 Å². The summed E-state index contributed by atoms with van der Waals surface area (Å²) in [4.78, 5) is 16.6. The minimum Gasteiger partial charge on any atom is -0.321 e. The van der Waals surface area contributed by atoms with Crippen molar-refractivity contribution < 1.29 is 9.18 Å². The molecule has 0 N–H and O–H groups in total. The van der Waals surface area contributed by atoms with Gasteiger partial charge in [-0.05, 0) is 31.4 Å². The first-order chi connectivity index (χ1) is 10.5. The molecule has 0 spiro atoms. The lowest BCUT2D eigenvalue weighted by molar-refractivity contribution is 0.100. The van der Waals surface area contributed by atoms with Gasteiger partial charge in [0.1, 0.15) is 17.3 Å². The van der Waals surface area contributed by atoms with E-state index in [1.807, 2.05) is 24.5 Å². The molecule has 0 aliphatic heterocycles. The molecular formula is C18H23FN2O. The fraction of sp³-hybridized carbons (Fsp3) is 0.444. The maximum atomic E-state index is 14.2. The van der Waals surface area contributed by atoms with E-state index in [0.29, 0.717) is 24.2 Å². The fourth-order valence-corrected chi connectivity index (χ4v) is 2.73. The number of carbonyl (C=O) groups is 1. The first-order valence-corrected chi connectivity index (χ1v) is 7.82. The van der Waals surface area contributed by atoms with Crippen LogP contribution in [0, 0.1) is 12.7 Å². The van der Waals surface area contributed by atoms with Crippen LogP contribution in [0.25, 0.3) is 0 Å². The van der Waals surface area contributed by atoms with E-state index in [0.717, 1.165) is 29.9 Å². The van der Waals surface area contributed by atoms with Crippen molar-refractivity contribution in [3.8, 4) is 0 Å². The zero-order chi connectivity index (χ0) is 16.3. The highest BCUT2D eigenvalue weighted by Crippen LogP contribution is 2.19. The predicted octanol–water partition coefficient (Wildman–Crippen LogP) is 4.10. The van der Waals surface area contributed by atoms with Crippen LogP contribution >= 0.6 is 0 Å². The summed E-state index contributed by atoms with van der Waals surface area (Å²) < 4.78 is 16.0. The molecule has 1 aromatic heterocycles.